The van der Waals surface area contributed by atoms with Gasteiger partial charge in [-0.1, -0.05) is 6.92 Å². The van der Waals surface area contributed by atoms with Crippen molar-refractivity contribution in [2.24, 2.45) is 0 Å². The monoisotopic (exact) mass is 242 g/mol. The lowest BCUT2D eigenvalue weighted by Crippen LogP contribution is -2.29. The number of nitrogens with zero attached hydrogens (tertiary/aromatic N) is 1. The molecule has 0 radical (unpaired) electrons. The predicted molar refractivity (Wildman–Crippen MR) is 63.6 cm³/mol. The number of aromatic nitrogens is 1. The molecule has 1 atom stereocenters. The number of rotatable bonds is 5. The van der Waals surface area contributed by atoms with E-state index in [0.29, 0.717) is 13.2 Å². The molecule has 1 N–H and O–H groups in total. The zero-order valence-electron chi connectivity index (χ0n) is 9.73. The van der Waals surface area contributed by atoms with E-state index in [0.717, 1.165) is 18.7 Å². The fourth-order valence-corrected chi connectivity index (χ4v) is 2.43. The van der Waals surface area contributed by atoms with Gasteiger partial charge in [0.05, 0.1) is 23.9 Å². The largest absolute Gasteiger partial charge is 0.349 e. The normalized spacial score (nSPS) is 19.1. The van der Waals surface area contributed by atoms with Crippen molar-refractivity contribution < 1.29 is 9.47 Å². The summed E-state index contributed by atoms with van der Waals surface area (Å²) in [6, 6.07) is 0.254. The van der Waals surface area contributed by atoms with E-state index in [4.69, 9.17) is 9.47 Å². The fraction of sp³-hybridized carbons (Fsp3) is 0.727. The van der Waals surface area contributed by atoms with E-state index in [1.54, 1.807) is 11.3 Å². The SMILES string of the molecule is CCc1nc(C(C)NCC2OCCO2)cs1. The van der Waals surface area contributed by atoms with Crippen LogP contribution in [0.4, 0.5) is 0 Å². The minimum absolute atomic E-state index is 0.0910. The van der Waals surface area contributed by atoms with Crippen LogP contribution in [0.5, 0.6) is 0 Å². The van der Waals surface area contributed by atoms with Gasteiger partial charge in [0.1, 0.15) is 0 Å². The average molecular weight is 242 g/mol. The third kappa shape index (κ3) is 3.01. The Morgan fingerprint density at radius 1 is 1.56 bits per heavy atom. The molecule has 90 valence electrons. The molecule has 0 aliphatic carbocycles. The Morgan fingerprint density at radius 2 is 2.31 bits per heavy atom. The number of nitrogens with one attached hydrogen (secondary N) is 1. The molecule has 4 nitrogen and oxygen atoms in total. The van der Waals surface area contributed by atoms with Crippen LogP contribution < -0.4 is 5.32 Å². The van der Waals surface area contributed by atoms with Crippen molar-refractivity contribution in [1.29, 1.82) is 0 Å². The van der Waals surface area contributed by atoms with Crippen LogP contribution in [0, 0.1) is 0 Å². The summed E-state index contributed by atoms with van der Waals surface area (Å²) < 4.78 is 10.7. The van der Waals surface area contributed by atoms with E-state index in [-0.39, 0.29) is 12.3 Å². The van der Waals surface area contributed by atoms with E-state index in [1.165, 1.54) is 5.01 Å². The maximum atomic E-state index is 5.36. The molecule has 1 aliphatic rings. The molecule has 1 aromatic rings. The molecule has 0 amide bonds. The molecule has 1 aliphatic heterocycles. The Labute approximate surface area is 100.0 Å². The summed E-state index contributed by atoms with van der Waals surface area (Å²) in [5.41, 5.74) is 1.11. The third-order valence-electron chi connectivity index (χ3n) is 2.60. The van der Waals surface area contributed by atoms with Crippen molar-refractivity contribution in [2.75, 3.05) is 19.8 Å². The Morgan fingerprint density at radius 3 is 2.94 bits per heavy atom. The topological polar surface area (TPSA) is 43.4 Å². The van der Waals surface area contributed by atoms with Crippen LogP contribution in [0.15, 0.2) is 5.38 Å². The molecule has 0 bridgehead atoms. The summed E-state index contributed by atoms with van der Waals surface area (Å²) in [4.78, 5) is 4.55. The summed E-state index contributed by atoms with van der Waals surface area (Å²) >= 11 is 1.72. The molecule has 2 heterocycles. The van der Waals surface area contributed by atoms with E-state index in [9.17, 15) is 0 Å². The first-order valence-electron chi connectivity index (χ1n) is 5.70. The van der Waals surface area contributed by atoms with Gasteiger partial charge in [0.25, 0.3) is 0 Å². The van der Waals surface area contributed by atoms with Gasteiger partial charge in [0.15, 0.2) is 6.29 Å². The third-order valence-corrected chi connectivity index (χ3v) is 3.61. The van der Waals surface area contributed by atoms with Gasteiger partial charge in [0.2, 0.25) is 0 Å². The molecule has 0 aromatic carbocycles. The lowest BCUT2D eigenvalue weighted by Gasteiger charge is -2.14. The molecular formula is C11H18N2O2S. The Bertz CT molecular complexity index is 324. The number of thiazole rings is 1. The second-order valence-electron chi connectivity index (χ2n) is 3.82. The highest BCUT2D eigenvalue weighted by atomic mass is 32.1. The van der Waals surface area contributed by atoms with E-state index in [1.807, 2.05) is 0 Å². The van der Waals surface area contributed by atoms with Gasteiger partial charge in [-0.15, -0.1) is 11.3 Å². The standard InChI is InChI=1S/C11H18N2O2S/c1-3-10-13-9(7-16-10)8(2)12-6-11-14-4-5-15-11/h7-8,11-12H,3-6H2,1-2H3. The van der Waals surface area contributed by atoms with E-state index >= 15 is 0 Å². The molecule has 1 unspecified atom stereocenters. The molecule has 2 rings (SSSR count). The van der Waals surface area contributed by atoms with E-state index in [2.05, 4.69) is 29.5 Å². The first kappa shape index (κ1) is 12.0. The second kappa shape index (κ2) is 5.72. The molecule has 0 saturated carbocycles. The molecule has 16 heavy (non-hydrogen) atoms. The first-order valence-corrected chi connectivity index (χ1v) is 6.58. The minimum atomic E-state index is -0.0910. The van der Waals surface area contributed by atoms with Gasteiger partial charge in [0, 0.05) is 18.0 Å². The van der Waals surface area contributed by atoms with Crippen molar-refractivity contribution in [3.05, 3.63) is 16.1 Å². The second-order valence-corrected chi connectivity index (χ2v) is 4.76. The molecule has 5 heteroatoms. The highest BCUT2D eigenvalue weighted by molar-refractivity contribution is 7.09. The first-order chi connectivity index (χ1) is 7.79. The van der Waals surface area contributed by atoms with Crippen molar-refractivity contribution in [3.63, 3.8) is 0 Å². The van der Waals surface area contributed by atoms with Crippen molar-refractivity contribution in [3.8, 4) is 0 Å². The average Bonchev–Trinajstić information content (AvgIpc) is 2.96. The van der Waals surface area contributed by atoms with Crippen molar-refractivity contribution >= 4 is 11.3 Å². The number of hydrogen-bond acceptors (Lipinski definition) is 5. The summed E-state index contributed by atoms with van der Waals surface area (Å²) in [6.45, 7) is 6.37. The van der Waals surface area contributed by atoms with Crippen LogP contribution in [0.3, 0.4) is 0 Å². The molecule has 0 spiro atoms. The maximum absolute atomic E-state index is 5.36. The van der Waals surface area contributed by atoms with Gasteiger partial charge < -0.3 is 14.8 Å². The molecular weight excluding hydrogens is 224 g/mol. The quantitative estimate of drug-likeness (QED) is 0.854. The Hall–Kier alpha value is -0.490. The van der Waals surface area contributed by atoms with Crippen molar-refractivity contribution in [1.82, 2.24) is 10.3 Å². The maximum Gasteiger partial charge on any atom is 0.170 e. The lowest BCUT2D eigenvalue weighted by atomic mass is 10.2. The zero-order chi connectivity index (χ0) is 11.4. The number of aryl methyl sites for hydroxylation is 1. The molecule has 1 aromatic heterocycles. The highest BCUT2D eigenvalue weighted by Gasteiger charge is 2.17. The van der Waals surface area contributed by atoms with Crippen LogP contribution in [0.25, 0.3) is 0 Å². The fourth-order valence-electron chi connectivity index (χ4n) is 1.59. The number of hydrogen-bond donors (Lipinski definition) is 1. The van der Waals surface area contributed by atoms with Gasteiger partial charge >= 0.3 is 0 Å². The number of ether oxygens (including phenoxy) is 2. The van der Waals surface area contributed by atoms with Crippen LogP contribution in [0.2, 0.25) is 0 Å². The van der Waals surface area contributed by atoms with Gasteiger partial charge in [-0.05, 0) is 13.3 Å². The van der Waals surface area contributed by atoms with Gasteiger partial charge in [-0.2, -0.15) is 0 Å². The molecule has 1 saturated heterocycles. The smallest absolute Gasteiger partial charge is 0.170 e. The lowest BCUT2D eigenvalue weighted by molar-refractivity contribution is -0.0404. The van der Waals surface area contributed by atoms with E-state index < -0.39 is 0 Å². The Balaban J connectivity index is 1.80. The van der Waals surface area contributed by atoms with Gasteiger partial charge in [-0.3, -0.25) is 0 Å². The zero-order valence-corrected chi connectivity index (χ0v) is 10.5. The predicted octanol–water partition coefficient (Wildman–Crippen LogP) is 1.73. The van der Waals surface area contributed by atoms with Crippen LogP contribution in [0.1, 0.15) is 30.6 Å². The summed E-state index contributed by atoms with van der Waals surface area (Å²) in [6.07, 6.45) is 0.915. The van der Waals surface area contributed by atoms with Crippen LogP contribution in [-0.2, 0) is 15.9 Å². The minimum Gasteiger partial charge on any atom is -0.349 e. The Kier molecular flexibility index (Phi) is 4.29. The van der Waals surface area contributed by atoms with Crippen LogP contribution >= 0.6 is 11.3 Å². The van der Waals surface area contributed by atoms with Crippen LogP contribution in [-0.4, -0.2) is 31.0 Å². The van der Waals surface area contributed by atoms with Gasteiger partial charge in [-0.25, -0.2) is 4.98 Å². The highest BCUT2D eigenvalue weighted by Crippen LogP contribution is 2.17. The van der Waals surface area contributed by atoms with Crippen molar-refractivity contribution in [2.45, 2.75) is 32.6 Å². The molecule has 1 fully saturated rings. The summed E-state index contributed by atoms with van der Waals surface area (Å²) in [5.74, 6) is 0. The summed E-state index contributed by atoms with van der Waals surface area (Å²) in [7, 11) is 0. The summed E-state index contributed by atoms with van der Waals surface area (Å²) in [5, 5.41) is 6.68.